The van der Waals surface area contributed by atoms with Crippen LogP contribution in [0.4, 0.5) is 5.69 Å². The zero-order valence-electron chi connectivity index (χ0n) is 14.6. The Kier molecular flexibility index (Phi) is 6.82. The van der Waals surface area contributed by atoms with Gasteiger partial charge in [0.1, 0.15) is 0 Å². The molecular formula is C20H17BrN2O2S2. The minimum atomic E-state index is -0.112. The van der Waals surface area contributed by atoms with Crippen LogP contribution in [-0.2, 0) is 11.2 Å². The van der Waals surface area contributed by atoms with Crippen LogP contribution >= 0.6 is 39.0 Å². The third-order valence-electron chi connectivity index (χ3n) is 3.74. The second-order valence-corrected chi connectivity index (χ2v) is 8.81. The SMILES string of the molecule is Cc1cc(NC(=O)Cc2csc(SCC(=O)c3ccccc3)n2)ccc1Br. The fourth-order valence-corrected chi connectivity index (χ4v) is 4.35. The summed E-state index contributed by atoms with van der Waals surface area (Å²) in [5.41, 5.74) is 3.23. The molecule has 3 aromatic rings. The number of carbonyl (C=O) groups is 2. The van der Waals surface area contributed by atoms with Crippen molar-refractivity contribution in [2.75, 3.05) is 11.1 Å². The number of Topliss-reactive ketones (excluding diaryl/α,β-unsaturated/α-hetero) is 1. The molecule has 27 heavy (non-hydrogen) atoms. The normalized spacial score (nSPS) is 10.6. The minimum absolute atomic E-state index is 0.0701. The van der Waals surface area contributed by atoms with E-state index in [2.05, 4.69) is 26.2 Å². The standard InChI is InChI=1S/C20H17BrN2O2S2/c1-13-9-15(7-8-17(13)21)22-19(25)10-16-11-26-20(23-16)27-12-18(24)14-5-3-2-4-6-14/h2-9,11H,10,12H2,1H3,(H,22,25). The zero-order valence-corrected chi connectivity index (χ0v) is 17.8. The number of nitrogens with zero attached hydrogens (tertiary/aromatic N) is 1. The first-order valence-electron chi connectivity index (χ1n) is 8.23. The second kappa shape index (κ2) is 9.30. The molecule has 0 unspecified atom stereocenters. The lowest BCUT2D eigenvalue weighted by Crippen LogP contribution is -2.14. The molecule has 7 heteroatoms. The van der Waals surface area contributed by atoms with Crippen molar-refractivity contribution in [3.8, 4) is 0 Å². The van der Waals surface area contributed by atoms with Crippen molar-refractivity contribution >= 4 is 56.4 Å². The molecule has 0 atom stereocenters. The summed E-state index contributed by atoms with van der Waals surface area (Å²) in [5.74, 6) is 0.293. The quantitative estimate of drug-likeness (QED) is 0.380. The van der Waals surface area contributed by atoms with Gasteiger partial charge in [-0.2, -0.15) is 0 Å². The largest absolute Gasteiger partial charge is 0.326 e. The van der Waals surface area contributed by atoms with Crippen molar-refractivity contribution in [3.63, 3.8) is 0 Å². The molecule has 0 aliphatic rings. The van der Waals surface area contributed by atoms with E-state index in [0.717, 1.165) is 20.1 Å². The Morgan fingerprint density at radius 2 is 1.96 bits per heavy atom. The lowest BCUT2D eigenvalue weighted by atomic mass is 10.2. The van der Waals surface area contributed by atoms with E-state index < -0.39 is 0 Å². The maximum absolute atomic E-state index is 12.2. The molecule has 0 spiro atoms. The molecular weight excluding hydrogens is 444 g/mol. The van der Waals surface area contributed by atoms with Gasteiger partial charge < -0.3 is 5.32 Å². The van der Waals surface area contributed by atoms with Gasteiger partial charge in [0.05, 0.1) is 17.9 Å². The van der Waals surface area contributed by atoms with E-state index in [9.17, 15) is 9.59 Å². The fourth-order valence-electron chi connectivity index (χ4n) is 2.36. The number of aromatic nitrogens is 1. The zero-order chi connectivity index (χ0) is 19.2. The number of hydrogen-bond acceptors (Lipinski definition) is 5. The summed E-state index contributed by atoms with van der Waals surface area (Å²) in [6.45, 7) is 1.97. The average molecular weight is 461 g/mol. The lowest BCUT2D eigenvalue weighted by Gasteiger charge is -2.06. The Morgan fingerprint density at radius 1 is 1.19 bits per heavy atom. The highest BCUT2D eigenvalue weighted by molar-refractivity contribution is 9.10. The molecule has 0 saturated carbocycles. The summed E-state index contributed by atoms with van der Waals surface area (Å²) in [4.78, 5) is 28.8. The Bertz CT molecular complexity index is 958. The van der Waals surface area contributed by atoms with Gasteiger partial charge in [0.2, 0.25) is 5.91 Å². The van der Waals surface area contributed by atoms with Gasteiger partial charge in [-0.15, -0.1) is 11.3 Å². The van der Waals surface area contributed by atoms with Crippen molar-refractivity contribution in [3.05, 3.63) is 75.2 Å². The second-order valence-electron chi connectivity index (χ2n) is 5.87. The number of thiazole rings is 1. The molecule has 0 aliphatic heterocycles. The summed E-state index contributed by atoms with van der Waals surface area (Å²) in [6.07, 6.45) is 0.207. The van der Waals surface area contributed by atoms with E-state index in [1.54, 1.807) is 0 Å². The van der Waals surface area contributed by atoms with Crippen molar-refractivity contribution in [1.82, 2.24) is 4.98 Å². The molecule has 0 aliphatic carbocycles. The van der Waals surface area contributed by atoms with Crippen LogP contribution in [-0.4, -0.2) is 22.4 Å². The molecule has 138 valence electrons. The minimum Gasteiger partial charge on any atom is -0.326 e. The predicted octanol–water partition coefficient (Wildman–Crippen LogP) is 5.37. The van der Waals surface area contributed by atoms with E-state index in [1.807, 2.05) is 60.8 Å². The van der Waals surface area contributed by atoms with Gasteiger partial charge in [0.15, 0.2) is 10.1 Å². The Labute approximate surface area is 174 Å². The van der Waals surface area contributed by atoms with Crippen LogP contribution in [0.25, 0.3) is 0 Å². The number of carbonyl (C=O) groups excluding carboxylic acids is 2. The first-order chi connectivity index (χ1) is 13.0. The van der Waals surface area contributed by atoms with Gasteiger partial charge in [-0.3, -0.25) is 9.59 Å². The first-order valence-corrected chi connectivity index (χ1v) is 10.9. The maximum atomic E-state index is 12.2. The van der Waals surface area contributed by atoms with Crippen LogP contribution in [0.3, 0.4) is 0 Å². The highest BCUT2D eigenvalue weighted by atomic mass is 79.9. The van der Waals surface area contributed by atoms with E-state index in [4.69, 9.17) is 0 Å². The monoisotopic (exact) mass is 460 g/mol. The van der Waals surface area contributed by atoms with Crippen molar-refractivity contribution in [2.45, 2.75) is 17.7 Å². The summed E-state index contributed by atoms with van der Waals surface area (Å²) < 4.78 is 1.80. The summed E-state index contributed by atoms with van der Waals surface area (Å²) >= 11 is 6.30. The molecule has 0 bridgehead atoms. The van der Waals surface area contributed by atoms with Gasteiger partial charge in [0.25, 0.3) is 0 Å². The van der Waals surface area contributed by atoms with Crippen molar-refractivity contribution in [1.29, 1.82) is 0 Å². The number of benzene rings is 2. The number of hydrogen-bond donors (Lipinski definition) is 1. The third kappa shape index (κ3) is 5.76. The molecule has 3 rings (SSSR count). The number of rotatable bonds is 7. The van der Waals surface area contributed by atoms with E-state index in [1.165, 1.54) is 23.1 Å². The highest BCUT2D eigenvalue weighted by Crippen LogP contribution is 2.24. The number of anilines is 1. The smallest absolute Gasteiger partial charge is 0.230 e. The van der Waals surface area contributed by atoms with Crippen LogP contribution < -0.4 is 5.32 Å². The van der Waals surface area contributed by atoms with E-state index in [-0.39, 0.29) is 18.1 Å². The van der Waals surface area contributed by atoms with Gasteiger partial charge in [-0.05, 0) is 30.7 Å². The van der Waals surface area contributed by atoms with E-state index >= 15 is 0 Å². The topological polar surface area (TPSA) is 59.1 Å². The number of aryl methyl sites for hydroxylation is 1. The number of amides is 1. The third-order valence-corrected chi connectivity index (χ3v) is 6.70. The van der Waals surface area contributed by atoms with Crippen LogP contribution in [0.5, 0.6) is 0 Å². The van der Waals surface area contributed by atoms with Crippen molar-refractivity contribution in [2.24, 2.45) is 0 Å². The number of halogens is 1. The van der Waals surface area contributed by atoms with Crippen LogP contribution in [0.2, 0.25) is 0 Å². The van der Waals surface area contributed by atoms with Gasteiger partial charge in [-0.25, -0.2) is 4.98 Å². The molecule has 1 amide bonds. The Balaban J connectivity index is 1.52. The first kappa shape index (κ1) is 19.8. The predicted molar refractivity (Wildman–Crippen MR) is 115 cm³/mol. The Hall–Kier alpha value is -1.96. The molecule has 0 radical (unpaired) electrons. The fraction of sp³-hybridized carbons (Fsp3) is 0.150. The van der Waals surface area contributed by atoms with E-state index in [0.29, 0.717) is 17.0 Å². The van der Waals surface area contributed by atoms with Crippen LogP contribution in [0.15, 0.2) is 62.7 Å². The number of thioether (sulfide) groups is 1. The highest BCUT2D eigenvalue weighted by Gasteiger charge is 2.11. The molecule has 2 aromatic carbocycles. The van der Waals surface area contributed by atoms with Gasteiger partial charge >= 0.3 is 0 Å². The summed E-state index contributed by atoms with van der Waals surface area (Å²) in [6, 6.07) is 14.9. The molecule has 4 nitrogen and oxygen atoms in total. The molecule has 0 saturated heterocycles. The molecule has 1 aromatic heterocycles. The maximum Gasteiger partial charge on any atom is 0.230 e. The van der Waals surface area contributed by atoms with Gasteiger partial charge in [-0.1, -0.05) is 58.0 Å². The van der Waals surface area contributed by atoms with Gasteiger partial charge in [0, 0.05) is 21.1 Å². The van der Waals surface area contributed by atoms with Crippen LogP contribution in [0.1, 0.15) is 21.6 Å². The molecule has 1 N–H and O–H groups in total. The molecule has 0 fully saturated rings. The summed E-state index contributed by atoms with van der Waals surface area (Å²) in [7, 11) is 0. The Morgan fingerprint density at radius 3 is 2.70 bits per heavy atom. The van der Waals surface area contributed by atoms with Crippen molar-refractivity contribution < 1.29 is 9.59 Å². The number of ketones is 1. The summed E-state index contributed by atoms with van der Waals surface area (Å²) in [5, 5.41) is 4.75. The lowest BCUT2D eigenvalue weighted by molar-refractivity contribution is -0.115. The number of nitrogens with one attached hydrogen (secondary N) is 1. The average Bonchev–Trinajstić information content (AvgIpc) is 3.10. The van der Waals surface area contributed by atoms with Crippen LogP contribution in [0, 0.1) is 6.92 Å². The molecule has 1 heterocycles.